The molecule has 5 nitrogen and oxygen atoms in total. The van der Waals surface area contributed by atoms with Gasteiger partial charge in [0.25, 0.3) is 0 Å². The maximum absolute atomic E-state index is 6.73. The van der Waals surface area contributed by atoms with Gasteiger partial charge in [0.05, 0.1) is 5.69 Å². The van der Waals surface area contributed by atoms with Crippen molar-refractivity contribution in [2.45, 2.75) is 0 Å². The van der Waals surface area contributed by atoms with Crippen molar-refractivity contribution in [3.8, 4) is 28.4 Å². The van der Waals surface area contributed by atoms with E-state index in [0.717, 1.165) is 84.9 Å². The molecule has 0 saturated heterocycles. The standard InChI is InChI=1S/C49H33N3O2/c1-32-41-24-22-39(51(36-15-5-3-6-16-36)38-21-20-34-13-9-10-14-35(34)29-38)30-45(41)54-44-27-26-43-42-25-23-40(31-46(42)53-33(2)49(43)48(32)44)52(37-17-7-4-8-18-37)47-19-11-12-28-50-47/h3-31H,1-2H2. The molecule has 7 aromatic carbocycles. The van der Waals surface area contributed by atoms with Gasteiger partial charge in [-0.25, -0.2) is 4.98 Å². The van der Waals surface area contributed by atoms with Crippen LogP contribution >= 0.6 is 0 Å². The smallest absolute Gasteiger partial charge is 0.137 e. The minimum atomic E-state index is 0.548. The third-order valence-electron chi connectivity index (χ3n) is 10.2. The molecular weight excluding hydrogens is 663 g/mol. The number of hydrogen-bond donors (Lipinski definition) is 0. The summed E-state index contributed by atoms with van der Waals surface area (Å²) in [5, 5.41) is 2.38. The molecule has 10 rings (SSSR count). The van der Waals surface area contributed by atoms with Crippen LogP contribution in [0.25, 0.3) is 33.2 Å². The average molecular weight is 696 g/mol. The van der Waals surface area contributed by atoms with E-state index in [9.17, 15) is 0 Å². The van der Waals surface area contributed by atoms with Gasteiger partial charge in [0, 0.05) is 63.3 Å². The third-order valence-corrected chi connectivity index (χ3v) is 10.2. The number of rotatable bonds is 6. The van der Waals surface area contributed by atoms with E-state index in [1.807, 2.05) is 48.5 Å². The van der Waals surface area contributed by atoms with Crippen LogP contribution in [0.15, 0.2) is 189 Å². The van der Waals surface area contributed by atoms with Crippen LogP contribution < -0.4 is 19.3 Å². The molecule has 0 saturated carbocycles. The van der Waals surface area contributed by atoms with E-state index in [0.29, 0.717) is 5.76 Å². The number of fused-ring (bicyclic) bond motifs is 7. The van der Waals surface area contributed by atoms with Crippen LogP contribution in [0.2, 0.25) is 0 Å². The first-order valence-corrected chi connectivity index (χ1v) is 17.9. The maximum Gasteiger partial charge on any atom is 0.137 e. The summed E-state index contributed by atoms with van der Waals surface area (Å²) in [7, 11) is 0. The normalized spacial score (nSPS) is 12.4. The molecule has 0 N–H and O–H groups in total. The lowest BCUT2D eigenvalue weighted by Gasteiger charge is -2.32. The Balaban J connectivity index is 1.03. The summed E-state index contributed by atoms with van der Waals surface area (Å²) in [5.41, 5.74) is 10.6. The number of para-hydroxylation sites is 2. The largest absolute Gasteiger partial charge is 0.457 e. The highest BCUT2D eigenvalue weighted by atomic mass is 16.5. The van der Waals surface area contributed by atoms with Gasteiger partial charge >= 0.3 is 0 Å². The predicted octanol–water partition coefficient (Wildman–Crippen LogP) is 13.4. The van der Waals surface area contributed by atoms with Crippen molar-refractivity contribution in [3.63, 3.8) is 0 Å². The van der Waals surface area contributed by atoms with Gasteiger partial charge in [-0.05, 0) is 107 Å². The van der Waals surface area contributed by atoms with E-state index in [2.05, 4.69) is 149 Å². The number of anilines is 6. The summed E-state index contributed by atoms with van der Waals surface area (Å²) in [5.74, 6) is 3.55. The van der Waals surface area contributed by atoms with Crippen LogP contribution in [-0.4, -0.2) is 4.98 Å². The monoisotopic (exact) mass is 695 g/mol. The van der Waals surface area contributed by atoms with Gasteiger partial charge in [0.15, 0.2) is 0 Å². The van der Waals surface area contributed by atoms with Crippen molar-refractivity contribution in [2.24, 2.45) is 0 Å². The molecule has 0 radical (unpaired) electrons. The molecule has 8 aromatic rings. The van der Waals surface area contributed by atoms with Crippen molar-refractivity contribution in [2.75, 3.05) is 9.80 Å². The van der Waals surface area contributed by atoms with Crippen LogP contribution in [0.3, 0.4) is 0 Å². The zero-order valence-electron chi connectivity index (χ0n) is 29.3. The molecule has 0 bridgehead atoms. The first kappa shape index (κ1) is 31.4. The molecule has 0 spiro atoms. The van der Waals surface area contributed by atoms with E-state index in [-0.39, 0.29) is 0 Å². The van der Waals surface area contributed by atoms with Gasteiger partial charge in [-0.15, -0.1) is 0 Å². The number of benzene rings is 7. The Bertz CT molecular complexity index is 2720. The summed E-state index contributed by atoms with van der Waals surface area (Å²) in [6.07, 6.45) is 1.81. The van der Waals surface area contributed by atoms with Crippen molar-refractivity contribution < 1.29 is 9.47 Å². The summed E-state index contributed by atoms with van der Waals surface area (Å²) in [6, 6.07) is 58.3. The minimum absolute atomic E-state index is 0.548. The van der Waals surface area contributed by atoms with Gasteiger partial charge in [-0.1, -0.05) is 86.0 Å². The van der Waals surface area contributed by atoms with Crippen LogP contribution in [0.4, 0.5) is 34.3 Å². The lowest BCUT2D eigenvalue weighted by atomic mass is 9.85. The Kier molecular flexibility index (Phi) is 7.37. The molecule has 2 aliphatic heterocycles. The molecule has 2 aliphatic rings. The number of pyridine rings is 1. The summed E-state index contributed by atoms with van der Waals surface area (Å²) >= 11 is 0. The molecule has 256 valence electrons. The fraction of sp³-hybridized carbons (Fsp3) is 0. The number of aromatic nitrogens is 1. The Morgan fingerprint density at radius 3 is 1.74 bits per heavy atom. The lowest BCUT2D eigenvalue weighted by molar-refractivity contribution is 0.471. The van der Waals surface area contributed by atoms with Crippen molar-refractivity contribution in [3.05, 3.63) is 206 Å². The molecule has 0 amide bonds. The highest BCUT2D eigenvalue weighted by Crippen LogP contribution is 2.53. The quantitative estimate of drug-likeness (QED) is 0.173. The van der Waals surface area contributed by atoms with E-state index in [4.69, 9.17) is 9.47 Å². The SMILES string of the molecule is C=C1c2ccc(N(c3ccccc3)c3ccc4ccccc4c3)cc2Oc2ccc3c(c21)C(=C)Oc1cc(N(c2ccccc2)c2ccccn2)ccc1-3. The van der Waals surface area contributed by atoms with E-state index >= 15 is 0 Å². The maximum atomic E-state index is 6.73. The molecule has 54 heavy (non-hydrogen) atoms. The van der Waals surface area contributed by atoms with Gasteiger partial charge in [0.2, 0.25) is 0 Å². The second kappa shape index (κ2) is 12.7. The molecule has 5 heteroatoms. The van der Waals surface area contributed by atoms with Gasteiger partial charge < -0.3 is 14.4 Å². The molecule has 0 aliphatic carbocycles. The number of nitrogens with zero attached hydrogens (tertiary/aromatic N) is 3. The Morgan fingerprint density at radius 1 is 0.407 bits per heavy atom. The molecule has 3 heterocycles. The zero-order chi connectivity index (χ0) is 36.2. The summed E-state index contributed by atoms with van der Waals surface area (Å²) in [4.78, 5) is 9.05. The summed E-state index contributed by atoms with van der Waals surface area (Å²) < 4.78 is 13.3. The van der Waals surface area contributed by atoms with E-state index < -0.39 is 0 Å². The van der Waals surface area contributed by atoms with Crippen molar-refractivity contribution >= 4 is 56.4 Å². The van der Waals surface area contributed by atoms with Crippen molar-refractivity contribution in [1.29, 1.82) is 0 Å². The lowest BCUT2D eigenvalue weighted by Crippen LogP contribution is -2.14. The Morgan fingerprint density at radius 2 is 1.00 bits per heavy atom. The van der Waals surface area contributed by atoms with Crippen LogP contribution in [-0.2, 0) is 0 Å². The van der Waals surface area contributed by atoms with Crippen LogP contribution in [0, 0.1) is 0 Å². The van der Waals surface area contributed by atoms with Crippen LogP contribution in [0.5, 0.6) is 17.2 Å². The van der Waals surface area contributed by atoms with Gasteiger partial charge in [-0.3, -0.25) is 4.90 Å². The fourth-order valence-electron chi connectivity index (χ4n) is 7.68. The molecular formula is C49H33N3O2. The summed E-state index contributed by atoms with van der Waals surface area (Å²) in [6.45, 7) is 9.04. The van der Waals surface area contributed by atoms with Gasteiger partial charge in [-0.2, -0.15) is 0 Å². The third kappa shape index (κ3) is 5.22. The van der Waals surface area contributed by atoms with Gasteiger partial charge in [0.1, 0.15) is 28.8 Å². The Hall–Kier alpha value is -7.37. The van der Waals surface area contributed by atoms with E-state index in [1.54, 1.807) is 6.20 Å². The number of hydrogen-bond acceptors (Lipinski definition) is 5. The first-order valence-electron chi connectivity index (χ1n) is 17.9. The highest BCUT2D eigenvalue weighted by Gasteiger charge is 2.32. The van der Waals surface area contributed by atoms with Crippen molar-refractivity contribution in [1.82, 2.24) is 4.98 Å². The number of ether oxygens (including phenoxy) is 2. The highest BCUT2D eigenvalue weighted by molar-refractivity contribution is 6.00. The predicted molar refractivity (Wildman–Crippen MR) is 221 cm³/mol. The molecule has 1 aromatic heterocycles. The molecule has 0 fully saturated rings. The second-order valence-electron chi connectivity index (χ2n) is 13.4. The zero-order valence-corrected chi connectivity index (χ0v) is 29.3. The topological polar surface area (TPSA) is 37.8 Å². The molecule has 0 unspecified atom stereocenters. The van der Waals surface area contributed by atoms with E-state index in [1.165, 1.54) is 10.8 Å². The minimum Gasteiger partial charge on any atom is -0.457 e. The second-order valence-corrected chi connectivity index (χ2v) is 13.4. The first-order chi connectivity index (χ1) is 26.6. The average Bonchev–Trinajstić information content (AvgIpc) is 3.22. The van der Waals surface area contributed by atoms with Crippen LogP contribution in [0.1, 0.15) is 16.7 Å². The Labute approximate surface area is 313 Å². The fourth-order valence-corrected chi connectivity index (χ4v) is 7.68. The molecule has 0 atom stereocenters.